The fraction of sp³-hybridized carbons (Fsp3) is 0.318. The summed E-state index contributed by atoms with van der Waals surface area (Å²) in [6, 6.07) is 16.1. The summed E-state index contributed by atoms with van der Waals surface area (Å²) in [5.41, 5.74) is 10.6. The zero-order valence-corrected chi connectivity index (χ0v) is 15.2. The second-order valence-electron chi connectivity index (χ2n) is 7.33. The number of likely N-dealkylation sites (N-methyl/N-ethyl adjacent to an activating group) is 1. The number of carbonyl (C=O) groups excluding carboxylic acids is 1. The molecule has 134 valence electrons. The Morgan fingerprint density at radius 1 is 1.23 bits per heavy atom. The third-order valence-corrected chi connectivity index (χ3v) is 5.56. The number of nitrogens with two attached hydrogens (primary N) is 1. The van der Waals surface area contributed by atoms with Gasteiger partial charge in [-0.25, -0.2) is 0 Å². The highest BCUT2D eigenvalue weighted by atomic mass is 16.1. The molecule has 1 fully saturated rings. The molecular weight excluding hydrogens is 322 g/mol. The van der Waals surface area contributed by atoms with Gasteiger partial charge >= 0.3 is 0 Å². The number of anilines is 1. The summed E-state index contributed by atoms with van der Waals surface area (Å²) in [5, 5.41) is 1.24. The number of benzene rings is 2. The molecule has 0 aliphatic carbocycles. The summed E-state index contributed by atoms with van der Waals surface area (Å²) in [5.74, 6) is 0.102. The average Bonchev–Trinajstić information content (AvgIpc) is 3.19. The van der Waals surface area contributed by atoms with Crippen LogP contribution in [0.15, 0.2) is 48.5 Å². The summed E-state index contributed by atoms with van der Waals surface area (Å²) >= 11 is 0. The molecule has 0 saturated carbocycles. The summed E-state index contributed by atoms with van der Waals surface area (Å²) in [7, 11) is 2.20. The van der Waals surface area contributed by atoms with Gasteiger partial charge < -0.3 is 15.6 Å². The van der Waals surface area contributed by atoms with Crippen LogP contribution in [0.5, 0.6) is 0 Å². The Kier molecular flexibility index (Phi) is 4.51. The Morgan fingerprint density at radius 2 is 2.08 bits per heavy atom. The number of fused-ring (bicyclic) bond motifs is 1. The van der Waals surface area contributed by atoms with Gasteiger partial charge in [-0.3, -0.25) is 4.79 Å². The average molecular weight is 347 g/mol. The maximum Gasteiger partial charge on any atom is 0.168 e. The van der Waals surface area contributed by atoms with Crippen molar-refractivity contribution in [3.05, 3.63) is 65.4 Å². The van der Waals surface area contributed by atoms with E-state index in [4.69, 9.17) is 5.73 Å². The number of nitrogens with zero attached hydrogens (tertiary/aromatic N) is 1. The molecule has 1 aliphatic heterocycles. The largest absolute Gasteiger partial charge is 0.399 e. The van der Waals surface area contributed by atoms with Crippen LogP contribution < -0.4 is 5.73 Å². The molecule has 2 heterocycles. The standard InChI is InChI=1S/C22H25N3O/c1-25-11-5-8-17(25)13-19-18-9-2-3-10-20(18)24-21(19)14-22(26)15-6-4-7-16(23)12-15/h2-4,6-7,9-10,12,17,24H,5,8,11,13-14,23H2,1H3. The molecule has 1 unspecified atom stereocenters. The van der Waals surface area contributed by atoms with Crippen LogP contribution in [0.25, 0.3) is 10.9 Å². The number of aromatic amines is 1. The molecule has 1 aliphatic rings. The van der Waals surface area contributed by atoms with Crippen molar-refractivity contribution in [2.45, 2.75) is 31.7 Å². The topological polar surface area (TPSA) is 62.1 Å². The van der Waals surface area contributed by atoms with E-state index in [2.05, 4.69) is 35.1 Å². The highest BCUT2D eigenvalue weighted by molar-refractivity contribution is 5.99. The van der Waals surface area contributed by atoms with Gasteiger partial charge in [-0.1, -0.05) is 30.3 Å². The number of nitrogens with one attached hydrogen (secondary N) is 1. The predicted octanol–water partition coefficient (Wildman–Crippen LogP) is 3.81. The number of aromatic nitrogens is 1. The normalized spacial score (nSPS) is 17.8. The van der Waals surface area contributed by atoms with Crippen molar-refractivity contribution in [1.82, 2.24) is 9.88 Å². The second kappa shape index (κ2) is 6.96. The number of ketones is 1. The smallest absolute Gasteiger partial charge is 0.168 e. The zero-order valence-electron chi connectivity index (χ0n) is 15.2. The summed E-state index contributed by atoms with van der Waals surface area (Å²) in [6.07, 6.45) is 3.84. The van der Waals surface area contributed by atoms with Crippen LogP contribution >= 0.6 is 0 Å². The van der Waals surface area contributed by atoms with Gasteiger partial charge in [-0.15, -0.1) is 0 Å². The number of H-pyrrole nitrogens is 1. The summed E-state index contributed by atoms with van der Waals surface area (Å²) in [6.45, 7) is 1.16. The molecular formula is C22H25N3O. The van der Waals surface area contributed by atoms with Crippen molar-refractivity contribution >= 4 is 22.4 Å². The lowest BCUT2D eigenvalue weighted by Crippen LogP contribution is -2.27. The Balaban J connectivity index is 1.67. The zero-order chi connectivity index (χ0) is 18.1. The molecule has 3 aromatic rings. The molecule has 2 aromatic carbocycles. The van der Waals surface area contributed by atoms with Gasteiger partial charge in [0.05, 0.1) is 6.42 Å². The van der Waals surface area contributed by atoms with Crippen molar-refractivity contribution in [3.8, 4) is 0 Å². The molecule has 0 radical (unpaired) electrons. The molecule has 4 nitrogen and oxygen atoms in total. The highest BCUT2D eigenvalue weighted by Crippen LogP contribution is 2.28. The number of likely N-dealkylation sites (tertiary alicyclic amines) is 1. The van der Waals surface area contributed by atoms with E-state index in [1.807, 2.05) is 18.2 Å². The van der Waals surface area contributed by atoms with Crippen LogP contribution in [0.3, 0.4) is 0 Å². The number of hydrogen-bond acceptors (Lipinski definition) is 3. The quantitative estimate of drug-likeness (QED) is 0.545. The van der Waals surface area contributed by atoms with Crippen LogP contribution in [0, 0.1) is 0 Å². The van der Waals surface area contributed by atoms with Crippen LogP contribution in [0.4, 0.5) is 5.69 Å². The predicted molar refractivity (Wildman–Crippen MR) is 107 cm³/mol. The summed E-state index contributed by atoms with van der Waals surface area (Å²) < 4.78 is 0. The second-order valence-corrected chi connectivity index (χ2v) is 7.33. The van der Waals surface area contributed by atoms with Crippen LogP contribution in [-0.2, 0) is 12.8 Å². The monoisotopic (exact) mass is 347 g/mol. The van der Waals surface area contributed by atoms with Crippen LogP contribution in [-0.4, -0.2) is 35.3 Å². The third kappa shape index (κ3) is 3.25. The SMILES string of the molecule is CN1CCCC1Cc1c(CC(=O)c2cccc(N)c2)[nH]c2ccccc12. The number of rotatable bonds is 5. The Bertz CT molecular complexity index is 943. The maximum absolute atomic E-state index is 12.8. The van der Waals surface area contributed by atoms with Crippen molar-refractivity contribution in [3.63, 3.8) is 0 Å². The van der Waals surface area contributed by atoms with E-state index in [1.165, 1.54) is 23.8 Å². The minimum atomic E-state index is 0.102. The first-order chi connectivity index (χ1) is 12.6. The number of nitrogen functional groups attached to an aromatic ring is 1. The number of carbonyl (C=O) groups is 1. The molecule has 1 atom stereocenters. The first kappa shape index (κ1) is 16.9. The molecule has 26 heavy (non-hydrogen) atoms. The minimum absolute atomic E-state index is 0.102. The van der Waals surface area contributed by atoms with Crippen molar-refractivity contribution < 1.29 is 4.79 Å². The van der Waals surface area contributed by atoms with E-state index in [0.717, 1.165) is 24.2 Å². The summed E-state index contributed by atoms with van der Waals surface area (Å²) in [4.78, 5) is 18.7. The maximum atomic E-state index is 12.8. The molecule has 0 amide bonds. The van der Waals surface area contributed by atoms with Gasteiger partial charge in [0.25, 0.3) is 0 Å². The number of Topliss-reactive ketones (excluding diaryl/α,β-unsaturated/α-hetero) is 1. The van der Waals surface area contributed by atoms with Gasteiger partial charge in [-0.05, 0) is 56.6 Å². The van der Waals surface area contributed by atoms with Crippen LogP contribution in [0.2, 0.25) is 0 Å². The van der Waals surface area contributed by atoms with E-state index in [0.29, 0.717) is 23.7 Å². The van der Waals surface area contributed by atoms with E-state index in [9.17, 15) is 4.79 Å². The Hall–Kier alpha value is -2.59. The first-order valence-corrected chi connectivity index (χ1v) is 9.29. The van der Waals surface area contributed by atoms with Gasteiger partial charge in [0.2, 0.25) is 0 Å². The third-order valence-electron chi connectivity index (χ3n) is 5.56. The highest BCUT2D eigenvalue weighted by Gasteiger charge is 2.24. The first-order valence-electron chi connectivity index (χ1n) is 9.29. The minimum Gasteiger partial charge on any atom is -0.399 e. The van der Waals surface area contributed by atoms with Gasteiger partial charge in [-0.2, -0.15) is 0 Å². The lowest BCUT2D eigenvalue weighted by molar-refractivity contribution is 0.0992. The van der Waals surface area contributed by atoms with E-state index < -0.39 is 0 Å². The van der Waals surface area contributed by atoms with E-state index in [1.54, 1.807) is 12.1 Å². The van der Waals surface area contributed by atoms with Gasteiger partial charge in [0.1, 0.15) is 0 Å². The molecule has 3 N–H and O–H groups in total. The molecule has 4 heteroatoms. The molecule has 0 bridgehead atoms. The fourth-order valence-corrected chi connectivity index (χ4v) is 4.09. The van der Waals surface area contributed by atoms with Gasteiger partial charge in [0, 0.05) is 33.9 Å². The lowest BCUT2D eigenvalue weighted by Gasteiger charge is -2.19. The fourth-order valence-electron chi connectivity index (χ4n) is 4.09. The van der Waals surface area contributed by atoms with Gasteiger partial charge in [0.15, 0.2) is 5.78 Å². The number of para-hydroxylation sites is 1. The van der Waals surface area contributed by atoms with Crippen molar-refractivity contribution in [2.24, 2.45) is 0 Å². The lowest BCUT2D eigenvalue weighted by atomic mass is 9.97. The number of hydrogen-bond donors (Lipinski definition) is 2. The molecule has 1 aromatic heterocycles. The van der Waals surface area contributed by atoms with E-state index in [-0.39, 0.29) is 5.78 Å². The molecule has 4 rings (SSSR count). The Morgan fingerprint density at radius 3 is 2.85 bits per heavy atom. The van der Waals surface area contributed by atoms with Crippen LogP contribution in [0.1, 0.15) is 34.5 Å². The van der Waals surface area contributed by atoms with E-state index >= 15 is 0 Å². The molecule has 0 spiro atoms. The Labute approximate surface area is 154 Å². The van der Waals surface area contributed by atoms with Crippen molar-refractivity contribution in [2.75, 3.05) is 19.3 Å². The van der Waals surface area contributed by atoms with Crippen molar-refractivity contribution in [1.29, 1.82) is 0 Å². The molecule has 1 saturated heterocycles.